The summed E-state index contributed by atoms with van der Waals surface area (Å²) >= 11 is 3.46. The van der Waals surface area contributed by atoms with E-state index in [0.29, 0.717) is 23.6 Å². The first-order valence-corrected chi connectivity index (χ1v) is 8.69. The lowest BCUT2D eigenvalue weighted by molar-refractivity contribution is 0.0963. The number of fused-ring (bicyclic) bond motifs is 1. The fourth-order valence-electron chi connectivity index (χ4n) is 2.44. The van der Waals surface area contributed by atoms with E-state index >= 15 is 0 Å². The summed E-state index contributed by atoms with van der Waals surface area (Å²) in [6.07, 6.45) is 0. The maximum absolute atomic E-state index is 11.7. The van der Waals surface area contributed by atoms with Crippen LogP contribution in [0.15, 0.2) is 47.1 Å². The highest BCUT2D eigenvalue weighted by atomic mass is 79.9. The van der Waals surface area contributed by atoms with E-state index in [0.717, 1.165) is 15.8 Å². The second-order valence-electron chi connectivity index (χ2n) is 5.36. The molecule has 0 radical (unpaired) electrons. The summed E-state index contributed by atoms with van der Waals surface area (Å²) in [6.45, 7) is 0.421. The number of carbonyl (C=O) groups excluding carboxylic acids is 1. The fourth-order valence-corrected chi connectivity index (χ4v) is 2.88. The first-order valence-electron chi connectivity index (χ1n) is 7.89. The molecule has 132 valence electrons. The van der Waals surface area contributed by atoms with Crippen molar-refractivity contribution in [2.24, 2.45) is 0 Å². The summed E-state index contributed by atoms with van der Waals surface area (Å²) in [7, 11) is 3.16. The highest BCUT2D eigenvalue weighted by Gasteiger charge is 2.08. The van der Waals surface area contributed by atoms with Gasteiger partial charge in [-0.15, -0.1) is 0 Å². The van der Waals surface area contributed by atoms with Gasteiger partial charge in [-0.25, -0.2) is 4.52 Å². The van der Waals surface area contributed by atoms with Crippen molar-refractivity contribution in [2.75, 3.05) is 26.0 Å². The Labute approximate surface area is 159 Å². The van der Waals surface area contributed by atoms with Crippen LogP contribution in [0.2, 0.25) is 0 Å². The van der Waals surface area contributed by atoms with E-state index in [1.807, 2.05) is 24.3 Å². The number of pyridine rings is 1. The maximum atomic E-state index is 11.7. The number of rotatable bonds is 4. The van der Waals surface area contributed by atoms with Crippen LogP contribution in [0, 0.1) is 11.8 Å². The molecule has 1 aromatic carbocycles. The largest absolute Gasteiger partial charge is 0.495 e. The Morgan fingerprint density at radius 1 is 1.31 bits per heavy atom. The van der Waals surface area contributed by atoms with Gasteiger partial charge in [-0.2, -0.15) is 5.10 Å². The molecule has 0 aliphatic carbocycles. The molecule has 3 aromatic rings. The molecule has 0 saturated heterocycles. The zero-order valence-electron chi connectivity index (χ0n) is 14.3. The van der Waals surface area contributed by atoms with Crippen molar-refractivity contribution in [1.29, 1.82) is 0 Å². The van der Waals surface area contributed by atoms with Gasteiger partial charge in [0.05, 0.1) is 24.9 Å². The van der Waals surface area contributed by atoms with Crippen LogP contribution < -0.4 is 15.4 Å². The maximum Gasteiger partial charge on any atom is 0.251 e. The molecule has 2 aromatic heterocycles. The van der Waals surface area contributed by atoms with E-state index in [-0.39, 0.29) is 5.91 Å². The summed E-state index contributed by atoms with van der Waals surface area (Å²) in [5, 5.41) is 10.2. The second kappa shape index (κ2) is 7.93. The molecule has 0 fully saturated rings. The second-order valence-corrected chi connectivity index (χ2v) is 6.18. The molecular formula is C19H17BrN4O2. The van der Waals surface area contributed by atoms with Crippen molar-refractivity contribution in [2.45, 2.75) is 0 Å². The third kappa shape index (κ3) is 3.81. The Morgan fingerprint density at radius 2 is 2.15 bits per heavy atom. The van der Waals surface area contributed by atoms with Crippen LogP contribution in [0.1, 0.15) is 16.1 Å². The van der Waals surface area contributed by atoms with Crippen LogP contribution in [0.25, 0.3) is 5.52 Å². The number of benzene rings is 1. The molecule has 0 aliphatic heterocycles. The number of halogens is 1. The van der Waals surface area contributed by atoms with Crippen LogP contribution >= 0.6 is 15.9 Å². The first kappa shape index (κ1) is 17.8. The Kier molecular flexibility index (Phi) is 5.44. The lowest BCUT2D eigenvalue weighted by Gasteiger charge is -2.10. The minimum absolute atomic E-state index is 0.160. The zero-order valence-corrected chi connectivity index (χ0v) is 15.9. The number of nitrogens with one attached hydrogen (secondary N) is 2. The van der Waals surface area contributed by atoms with Crippen LogP contribution in [-0.4, -0.2) is 36.2 Å². The number of amides is 1. The molecule has 6 nitrogen and oxygen atoms in total. The van der Waals surface area contributed by atoms with Gasteiger partial charge < -0.3 is 15.4 Å². The van der Waals surface area contributed by atoms with Gasteiger partial charge in [-0.05, 0) is 58.2 Å². The van der Waals surface area contributed by atoms with E-state index in [4.69, 9.17) is 4.74 Å². The molecule has 3 rings (SSSR count). The van der Waals surface area contributed by atoms with Crippen molar-refractivity contribution in [3.63, 3.8) is 0 Å². The number of aromatic nitrogens is 2. The average Bonchev–Trinajstić information content (AvgIpc) is 3.09. The molecule has 0 bridgehead atoms. The smallest absolute Gasteiger partial charge is 0.251 e. The van der Waals surface area contributed by atoms with Crippen LogP contribution in [0.3, 0.4) is 0 Å². The minimum atomic E-state index is -0.160. The predicted octanol–water partition coefficient (Wildman–Crippen LogP) is 2.93. The monoisotopic (exact) mass is 412 g/mol. The van der Waals surface area contributed by atoms with Gasteiger partial charge in [0.15, 0.2) is 0 Å². The van der Waals surface area contributed by atoms with Crippen LogP contribution in [0.5, 0.6) is 5.75 Å². The van der Waals surface area contributed by atoms with E-state index < -0.39 is 0 Å². The molecule has 0 spiro atoms. The van der Waals surface area contributed by atoms with Crippen molar-refractivity contribution in [1.82, 2.24) is 14.9 Å². The van der Waals surface area contributed by atoms with Crippen molar-refractivity contribution < 1.29 is 9.53 Å². The SMILES string of the molecule is CNC(=O)c1ccc(NCC#Cc2cc3cccc(Br)n3n2)c(OC)c1. The highest BCUT2D eigenvalue weighted by molar-refractivity contribution is 9.10. The molecule has 1 amide bonds. The van der Waals surface area contributed by atoms with Gasteiger partial charge in [-0.1, -0.05) is 12.0 Å². The van der Waals surface area contributed by atoms with Crippen molar-refractivity contribution in [3.05, 3.63) is 58.3 Å². The summed E-state index contributed by atoms with van der Waals surface area (Å²) in [5.41, 5.74) is 2.98. The fraction of sp³-hybridized carbons (Fsp3) is 0.158. The Bertz CT molecular complexity index is 1020. The van der Waals surface area contributed by atoms with Crippen molar-refractivity contribution >= 4 is 33.0 Å². The summed E-state index contributed by atoms with van der Waals surface area (Å²) in [4.78, 5) is 11.7. The summed E-state index contributed by atoms with van der Waals surface area (Å²) < 4.78 is 8.00. The predicted molar refractivity (Wildman–Crippen MR) is 105 cm³/mol. The van der Waals surface area contributed by atoms with E-state index in [1.54, 1.807) is 36.9 Å². The molecule has 0 atom stereocenters. The van der Waals surface area contributed by atoms with E-state index in [9.17, 15) is 4.79 Å². The van der Waals surface area contributed by atoms with Crippen LogP contribution in [0.4, 0.5) is 5.69 Å². The lowest BCUT2D eigenvalue weighted by atomic mass is 10.1. The normalized spacial score (nSPS) is 10.1. The molecule has 0 unspecified atom stereocenters. The van der Waals surface area contributed by atoms with Gasteiger partial charge >= 0.3 is 0 Å². The molecule has 2 N–H and O–H groups in total. The number of ether oxygens (including phenoxy) is 1. The van der Waals surface area contributed by atoms with Crippen LogP contribution in [-0.2, 0) is 0 Å². The average molecular weight is 413 g/mol. The quantitative estimate of drug-likeness (QED) is 0.510. The molecule has 0 aliphatic rings. The zero-order chi connectivity index (χ0) is 18.5. The van der Waals surface area contributed by atoms with Gasteiger partial charge in [0.2, 0.25) is 0 Å². The van der Waals surface area contributed by atoms with E-state index in [1.165, 1.54) is 0 Å². The third-order valence-corrected chi connectivity index (χ3v) is 4.31. The molecular weight excluding hydrogens is 396 g/mol. The van der Waals surface area contributed by atoms with E-state index in [2.05, 4.69) is 43.5 Å². The number of anilines is 1. The number of hydrogen-bond acceptors (Lipinski definition) is 4. The highest BCUT2D eigenvalue weighted by Crippen LogP contribution is 2.25. The van der Waals surface area contributed by atoms with Gasteiger partial charge in [0.25, 0.3) is 5.91 Å². The standard InChI is InChI=1S/C19H17BrN4O2/c1-21-19(25)13-8-9-16(17(11-13)26-2)22-10-4-5-14-12-15-6-3-7-18(20)24(15)23-14/h3,6-9,11-12,22H,10H2,1-2H3,(H,21,25). The number of methoxy groups -OCH3 is 1. The molecule has 26 heavy (non-hydrogen) atoms. The minimum Gasteiger partial charge on any atom is -0.495 e. The van der Waals surface area contributed by atoms with Crippen molar-refractivity contribution in [3.8, 4) is 17.6 Å². The van der Waals surface area contributed by atoms with Gasteiger partial charge in [0.1, 0.15) is 16.0 Å². The summed E-state index contributed by atoms with van der Waals surface area (Å²) in [6, 6.07) is 13.0. The topological polar surface area (TPSA) is 67.7 Å². The number of carbonyl (C=O) groups is 1. The number of nitrogens with zero attached hydrogens (tertiary/aromatic N) is 2. The molecule has 7 heteroatoms. The Morgan fingerprint density at radius 3 is 2.88 bits per heavy atom. The molecule has 2 heterocycles. The third-order valence-electron chi connectivity index (χ3n) is 3.71. The summed E-state index contributed by atoms with van der Waals surface area (Å²) in [5.74, 6) is 6.51. The lowest BCUT2D eigenvalue weighted by Crippen LogP contribution is -2.17. The molecule has 0 saturated carbocycles. The first-order chi connectivity index (χ1) is 12.6. The Balaban J connectivity index is 1.70. The number of hydrogen-bond donors (Lipinski definition) is 2. The van der Waals surface area contributed by atoms with Gasteiger partial charge in [-0.3, -0.25) is 4.79 Å². The Hall–Kier alpha value is -2.98. The van der Waals surface area contributed by atoms with Gasteiger partial charge in [0, 0.05) is 12.6 Å².